The Hall–Kier alpha value is -4.56. The van der Waals surface area contributed by atoms with Crippen LogP contribution in [0.3, 0.4) is 0 Å². The average Bonchev–Trinajstić information content (AvgIpc) is 3.22. The van der Waals surface area contributed by atoms with Crippen molar-refractivity contribution in [2.24, 2.45) is 4.99 Å². The van der Waals surface area contributed by atoms with Crippen molar-refractivity contribution in [3.05, 3.63) is 102 Å². The van der Waals surface area contributed by atoms with Gasteiger partial charge in [-0.2, -0.15) is 5.26 Å². The molecule has 0 spiro atoms. The first kappa shape index (κ1) is 20.3. The number of nitrogens with zero attached hydrogens (tertiary/aromatic N) is 2. The maximum atomic E-state index is 10.2. The molecule has 0 radical (unpaired) electrons. The minimum Gasteiger partial charge on any atom is -0.497 e. The molecule has 1 heterocycles. The number of anilines is 1. The van der Waals surface area contributed by atoms with E-state index >= 15 is 0 Å². The number of hydrogen-bond acceptors (Lipinski definition) is 5. The molecule has 0 amide bonds. The zero-order valence-corrected chi connectivity index (χ0v) is 18.3. The molecule has 1 aliphatic rings. The number of methoxy groups -OCH3 is 2. The highest BCUT2D eigenvalue weighted by atomic mass is 16.5. The van der Waals surface area contributed by atoms with E-state index in [1.807, 2.05) is 78.9 Å². The van der Waals surface area contributed by atoms with Gasteiger partial charge in [-0.25, -0.2) is 4.99 Å². The molecule has 0 unspecified atom stereocenters. The van der Waals surface area contributed by atoms with Gasteiger partial charge in [-0.05, 0) is 64.9 Å². The van der Waals surface area contributed by atoms with Gasteiger partial charge in [-0.1, -0.05) is 36.4 Å². The average molecular weight is 431 g/mol. The summed E-state index contributed by atoms with van der Waals surface area (Å²) < 4.78 is 10.7. The van der Waals surface area contributed by atoms with Gasteiger partial charge in [0.1, 0.15) is 17.6 Å². The summed E-state index contributed by atoms with van der Waals surface area (Å²) in [5, 5.41) is 15.8. The van der Waals surface area contributed by atoms with Crippen molar-refractivity contribution in [3.8, 4) is 17.6 Å². The van der Waals surface area contributed by atoms with Crippen molar-refractivity contribution >= 4 is 33.4 Å². The number of benzene rings is 4. The molecule has 1 aliphatic heterocycles. The summed E-state index contributed by atoms with van der Waals surface area (Å²) in [6.45, 7) is 0. The molecule has 0 aromatic heterocycles. The molecule has 0 aliphatic carbocycles. The van der Waals surface area contributed by atoms with Gasteiger partial charge in [-0.3, -0.25) is 0 Å². The molecular formula is C28H21N3O2. The summed E-state index contributed by atoms with van der Waals surface area (Å²) in [4.78, 5) is 4.92. The lowest BCUT2D eigenvalue weighted by molar-refractivity contribution is 0.415. The van der Waals surface area contributed by atoms with Crippen LogP contribution in [0.25, 0.3) is 16.3 Å². The van der Waals surface area contributed by atoms with Gasteiger partial charge >= 0.3 is 0 Å². The Morgan fingerprint density at radius 2 is 1.55 bits per heavy atom. The number of fused-ring (bicyclic) bond motifs is 2. The highest BCUT2D eigenvalue weighted by Crippen LogP contribution is 2.37. The molecule has 5 nitrogen and oxygen atoms in total. The molecule has 0 bridgehead atoms. The zero-order chi connectivity index (χ0) is 22.8. The van der Waals surface area contributed by atoms with E-state index in [-0.39, 0.29) is 0 Å². The molecule has 0 saturated heterocycles. The van der Waals surface area contributed by atoms with E-state index in [0.717, 1.165) is 44.8 Å². The van der Waals surface area contributed by atoms with Gasteiger partial charge in [0.05, 0.1) is 36.9 Å². The molecule has 5 heteroatoms. The van der Waals surface area contributed by atoms with E-state index < -0.39 is 0 Å². The van der Waals surface area contributed by atoms with Crippen molar-refractivity contribution in [1.82, 2.24) is 0 Å². The SMILES string of the molecule is COc1ccc(N=C2/C(=C(\C#N)c3ccc4ccccc4c3)Nc3ccc(OC)cc32)cc1. The number of allylic oxidation sites excluding steroid dienone is 2. The van der Waals surface area contributed by atoms with Gasteiger partial charge in [0.15, 0.2) is 0 Å². The maximum Gasteiger partial charge on any atom is 0.119 e. The van der Waals surface area contributed by atoms with Crippen molar-refractivity contribution in [2.75, 3.05) is 19.5 Å². The van der Waals surface area contributed by atoms with Crippen LogP contribution < -0.4 is 14.8 Å². The quantitative estimate of drug-likeness (QED) is 0.383. The van der Waals surface area contributed by atoms with Crippen molar-refractivity contribution < 1.29 is 9.47 Å². The third-order valence-corrected chi connectivity index (χ3v) is 5.69. The van der Waals surface area contributed by atoms with E-state index in [9.17, 15) is 5.26 Å². The second-order valence-corrected chi connectivity index (χ2v) is 7.62. The van der Waals surface area contributed by atoms with E-state index in [4.69, 9.17) is 14.5 Å². The molecule has 5 rings (SSSR count). The fourth-order valence-corrected chi connectivity index (χ4v) is 3.98. The highest BCUT2D eigenvalue weighted by Gasteiger charge is 2.27. The Labute approximate surface area is 192 Å². The first-order valence-electron chi connectivity index (χ1n) is 10.5. The third kappa shape index (κ3) is 3.79. The first-order valence-corrected chi connectivity index (χ1v) is 10.5. The minimum absolute atomic E-state index is 0.531. The van der Waals surface area contributed by atoms with Crippen LogP contribution >= 0.6 is 0 Å². The lowest BCUT2D eigenvalue weighted by atomic mass is 9.98. The van der Waals surface area contributed by atoms with Gasteiger partial charge in [0.2, 0.25) is 0 Å². The van der Waals surface area contributed by atoms with Gasteiger partial charge in [-0.15, -0.1) is 0 Å². The zero-order valence-electron chi connectivity index (χ0n) is 18.3. The first-order chi connectivity index (χ1) is 16.2. The largest absolute Gasteiger partial charge is 0.497 e. The fraction of sp³-hybridized carbons (Fsp3) is 0.0714. The van der Waals surface area contributed by atoms with Crippen LogP contribution in [0.4, 0.5) is 11.4 Å². The van der Waals surface area contributed by atoms with E-state index in [2.05, 4.69) is 17.5 Å². The predicted molar refractivity (Wildman–Crippen MR) is 132 cm³/mol. The Kier molecular flexibility index (Phi) is 5.26. The van der Waals surface area contributed by atoms with E-state index in [0.29, 0.717) is 17.0 Å². The molecule has 0 atom stereocenters. The van der Waals surface area contributed by atoms with Crippen LogP contribution in [0.5, 0.6) is 11.5 Å². The van der Waals surface area contributed by atoms with Gasteiger partial charge < -0.3 is 14.8 Å². The topological polar surface area (TPSA) is 66.6 Å². The normalized spacial score (nSPS) is 15.0. The summed E-state index contributed by atoms with van der Waals surface area (Å²) in [5.74, 6) is 1.48. The van der Waals surface area contributed by atoms with Crippen molar-refractivity contribution in [1.29, 1.82) is 5.26 Å². The number of rotatable bonds is 4. The van der Waals surface area contributed by atoms with Crippen LogP contribution in [0.1, 0.15) is 11.1 Å². The van der Waals surface area contributed by atoms with Crippen molar-refractivity contribution in [3.63, 3.8) is 0 Å². The van der Waals surface area contributed by atoms with Crippen LogP contribution in [-0.4, -0.2) is 19.9 Å². The number of nitrogens with one attached hydrogen (secondary N) is 1. The molecule has 0 saturated carbocycles. The Morgan fingerprint density at radius 3 is 2.27 bits per heavy atom. The second kappa shape index (κ2) is 8.52. The fourth-order valence-electron chi connectivity index (χ4n) is 3.98. The molecule has 0 fully saturated rings. The number of nitriles is 1. The highest BCUT2D eigenvalue weighted by molar-refractivity contribution is 6.26. The van der Waals surface area contributed by atoms with Gasteiger partial charge in [0.25, 0.3) is 0 Å². The number of aliphatic imine (C=N–C) groups is 1. The summed E-state index contributed by atoms with van der Waals surface area (Å²) >= 11 is 0. The molecule has 4 aromatic rings. The Morgan fingerprint density at radius 1 is 0.818 bits per heavy atom. The lowest BCUT2D eigenvalue weighted by Gasteiger charge is -2.09. The molecule has 33 heavy (non-hydrogen) atoms. The molecule has 160 valence electrons. The number of ether oxygens (including phenoxy) is 2. The van der Waals surface area contributed by atoms with Crippen LogP contribution in [0, 0.1) is 11.3 Å². The summed E-state index contributed by atoms with van der Waals surface area (Å²) in [6.07, 6.45) is 0. The Bertz CT molecular complexity index is 1460. The molecule has 4 aromatic carbocycles. The lowest BCUT2D eigenvalue weighted by Crippen LogP contribution is -2.06. The van der Waals surface area contributed by atoms with E-state index in [1.54, 1.807) is 14.2 Å². The molecule has 1 N–H and O–H groups in total. The monoisotopic (exact) mass is 431 g/mol. The smallest absolute Gasteiger partial charge is 0.119 e. The van der Waals surface area contributed by atoms with Crippen LogP contribution in [0.15, 0.2) is 95.6 Å². The third-order valence-electron chi connectivity index (χ3n) is 5.69. The van der Waals surface area contributed by atoms with Crippen LogP contribution in [0.2, 0.25) is 0 Å². The summed E-state index contributed by atoms with van der Waals surface area (Å²) in [5.41, 5.74) is 5.26. The van der Waals surface area contributed by atoms with Crippen LogP contribution in [-0.2, 0) is 0 Å². The molecular weight excluding hydrogens is 410 g/mol. The van der Waals surface area contributed by atoms with Crippen molar-refractivity contribution in [2.45, 2.75) is 0 Å². The predicted octanol–water partition coefficient (Wildman–Crippen LogP) is 6.34. The Balaban J connectivity index is 1.71. The maximum absolute atomic E-state index is 10.2. The van der Waals surface area contributed by atoms with Gasteiger partial charge in [0, 0.05) is 11.3 Å². The summed E-state index contributed by atoms with van der Waals surface area (Å²) in [6, 6.07) is 29.9. The second-order valence-electron chi connectivity index (χ2n) is 7.62. The standard InChI is InChI=1S/C28H21N3O2/c1-32-22-11-9-21(10-12-22)30-27-24-16-23(33-2)13-14-26(24)31-28(27)25(17-29)20-8-7-18-5-3-4-6-19(18)15-20/h3-16,31H,1-2H3/b28-25-,30-27?. The summed E-state index contributed by atoms with van der Waals surface area (Å²) in [7, 11) is 3.27. The van der Waals surface area contributed by atoms with E-state index in [1.165, 1.54) is 0 Å². The number of hydrogen-bond donors (Lipinski definition) is 1. The minimum atomic E-state index is 0.531.